The maximum atomic E-state index is 11.8. The van der Waals surface area contributed by atoms with E-state index < -0.39 is 16.1 Å². The van der Waals surface area contributed by atoms with Gasteiger partial charge in [-0.1, -0.05) is 6.92 Å². The van der Waals surface area contributed by atoms with Gasteiger partial charge in [-0.2, -0.15) is 12.7 Å². The molecule has 6 nitrogen and oxygen atoms in total. The van der Waals surface area contributed by atoms with Gasteiger partial charge in [-0.3, -0.25) is 4.79 Å². The van der Waals surface area contributed by atoms with Gasteiger partial charge in [-0.25, -0.2) is 4.72 Å². The molecule has 1 saturated heterocycles. The number of carbonyl (C=O) groups is 1. The van der Waals surface area contributed by atoms with Gasteiger partial charge < -0.3 is 4.74 Å². The highest BCUT2D eigenvalue weighted by atomic mass is 32.2. The normalized spacial score (nSPS) is 19.1. The van der Waals surface area contributed by atoms with Crippen LogP contribution in [0, 0.1) is 5.92 Å². The summed E-state index contributed by atoms with van der Waals surface area (Å²) < 4.78 is 32.6. The van der Waals surface area contributed by atoms with E-state index in [-0.39, 0.29) is 18.6 Å². The fourth-order valence-corrected chi connectivity index (χ4v) is 3.06. The second kappa shape index (κ2) is 6.49. The molecule has 0 bridgehead atoms. The smallest absolute Gasteiger partial charge is 0.310 e. The number of carbonyl (C=O) groups excluding carboxylic acids is 1. The molecule has 106 valence electrons. The molecule has 1 aliphatic rings. The topological polar surface area (TPSA) is 75.7 Å². The van der Waals surface area contributed by atoms with Crippen LogP contribution in [-0.2, 0) is 19.7 Å². The van der Waals surface area contributed by atoms with Crippen LogP contribution in [0.5, 0.6) is 0 Å². The fraction of sp³-hybridized carbons (Fsp3) is 0.909. The summed E-state index contributed by atoms with van der Waals surface area (Å²) in [6.45, 7) is 6.36. The molecule has 0 unspecified atom stereocenters. The Morgan fingerprint density at radius 1 is 1.28 bits per heavy atom. The molecule has 0 spiro atoms. The van der Waals surface area contributed by atoms with Crippen LogP contribution < -0.4 is 4.72 Å². The molecule has 7 heteroatoms. The van der Waals surface area contributed by atoms with Gasteiger partial charge in [0.25, 0.3) is 10.2 Å². The SMILES string of the molecule is CC(C)OC(=O)[C@@H](C)CNS(=O)(=O)N1CCCC1. The first-order chi connectivity index (χ1) is 8.33. The quantitative estimate of drug-likeness (QED) is 0.718. The Labute approximate surface area is 109 Å². The molecule has 1 rings (SSSR count). The van der Waals surface area contributed by atoms with Crippen LogP contribution in [0.3, 0.4) is 0 Å². The summed E-state index contributed by atoms with van der Waals surface area (Å²) in [7, 11) is -3.44. The van der Waals surface area contributed by atoms with Crippen molar-refractivity contribution in [2.24, 2.45) is 5.92 Å². The standard InChI is InChI=1S/C11H22N2O4S/c1-9(2)17-11(14)10(3)8-12-18(15,16)13-6-4-5-7-13/h9-10,12H,4-8H2,1-3H3/t10-/m0/s1. The van der Waals surface area contributed by atoms with E-state index in [9.17, 15) is 13.2 Å². The zero-order chi connectivity index (χ0) is 13.8. The fourth-order valence-electron chi connectivity index (χ4n) is 1.68. The molecule has 0 aromatic rings. The Morgan fingerprint density at radius 2 is 1.83 bits per heavy atom. The van der Waals surface area contributed by atoms with Gasteiger partial charge >= 0.3 is 5.97 Å². The van der Waals surface area contributed by atoms with Crippen molar-refractivity contribution < 1.29 is 17.9 Å². The molecule has 0 radical (unpaired) electrons. The number of nitrogens with zero attached hydrogens (tertiary/aromatic N) is 1. The summed E-state index contributed by atoms with van der Waals surface area (Å²) in [5.41, 5.74) is 0. The summed E-state index contributed by atoms with van der Waals surface area (Å²) in [5.74, 6) is -0.862. The van der Waals surface area contributed by atoms with Crippen LogP contribution in [-0.4, -0.2) is 44.4 Å². The van der Waals surface area contributed by atoms with Crippen LogP contribution in [0.15, 0.2) is 0 Å². The molecule has 0 saturated carbocycles. The molecular weight excluding hydrogens is 256 g/mol. The molecule has 1 N–H and O–H groups in total. The third kappa shape index (κ3) is 4.55. The highest BCUT2D eigenvalue weighted by Gasteiger charge is 2.26. The van der Waals surface area contributed by atoms with Gasteiger partial charge in [0, 0.05) is 19.6 Å². The van der Waals surface area contributed by atoms with E-state index >= 15 is 0 Å². The summed E-state index contributed by atoms with van der Waals surface area (Å²) >= 11 is 0. The highest BCUT2D eigenvalue weighted by Crippen LogP contribution is 2.11. The van der Waals surface area contributed by atoms with Crippen molar-refractivity contribution in [3.05, 3.63) is 0 Å². The Hall–Kier alpha value is -0.660. The third-order valence-electron chi connectivity index (χ3n) is 2.73. The van der Waals surface area contributed by atoms with Crippen LogP contribution >= 0.6 is 0 Å². The minimum Gasteiger partial charge on any atom is -0.463 e. The lowest BCUT2D eigenvalue weighted by molar-refractivity contribution is -0.151. The molecular formula is C11H22N2O4S. The summed E-state index contributed by atoms with van der Waals surface area (Å²) in [6.07, 6.45) is 1.60. The van der Waals surface area contributed by atoms with Gasteiger partial charge in [0.15, 0.2) is 0 Å². The van der Waals surface area contributed by atoms with Crippen molar-refractivity contribution in [3.8, 4) is 0 Å². The van der Waals surface area contributed by atoms with Gasteiger partial charge in [-0.15, -0.1) is 0 Å². The maximum Gasteiger partial charge on any atom is 0.310 e. The summed E-state index contributed by atoms with van der Waals surface area (Å²) in [6, 6.07) is 0. The molecule has 1 heterocycles. The molecule has 0 aromatic carbocycles. The number of esters is 1. The lowest BCUT2D eigenvalue weighted by atomic mass is 10.2. The van der Waals surface area contributed by atoms with Crippen LogP contribution in [0.1, 0.15) is 33.6 Å². The second-order valence-electron chi connectivity index (χ2n) is 4.85. The molecule has 18 heavy (non-hydrogen) atoms. The van der Waals surface area contributed by atoms with Crippen molar-refractivity contribution in [3.63, 3.8) is 0 Å². The minimum atomic E-state index is -3.44. The van der Waals surface area contributed by atoms with E-state index in [1.807, 2.05) is 0 Å². The Morgan fingerprint density at radius 3 is 2.33 bits per heavy atom. The van der Waals surface area contributed by atoms with Crippen molar-refractivity contribution in [1.29, 1.82) is 0 Å². The van der Waals surface area contributed by atoms with Gasteiger partial charge in [-0.05, 0) is 26.7 Å². The Kier molecular flexibility index (Phi) is 5.55. The van der Waals surface area contributed by atoms with E-state index in [4.69, 9.17) is 4.74 Å². The lowest BCUT2D eigenvalue weighted by Gasteiger charge is -2.18. The van der Waals surface area contributed by atoms with E-state index in [0.29, 0.717) is 13.1 Å². The maximum absolute atomic E-state index is 11.8. The number of rotatable bonds is 6. The molecule has 1 atom stereocenters. The first kappa shape index (κ1) is 15.4. The van der Waals surface area contributed by atoms with Crippen LogP contribution in [0.4, 0.5) is 0 Å². The number of hydrogen-bond acceptors (Lipinski definition) is 4. The zero-order valence-corrected chi connectivity index (χ0v) is 12.0. The van der Waals surface area contributed by atoms with Crippen LogP contribution in [0.25, 0.3) is 0 Å². The van der Waals surface area contributed by atoms with Gasteiger partial charge in [0.2, 0.25) is 0 Å². The molecule has 1 aliphatic heterocycles. The van der Waals surface area contributed by atoms with Crippen molar-refractivity contribution in [2.75, 3.05) is 19.6 Å². The van der Waals surface area contributed by atoms with Gasteiger partial charge in [0.1, 0.15) is 0 Å². The molecule has 0 aliphatic carbocycles. The molecule has 0 aromatic heterocycles. The predicted octanol–water partition coefficient (Wildman–Crippen LogP) is 0.504. The predicted molar refractivity (Wildman–Crippen MR) is 68.1 cm³/mol. The first-order valence-corrected chi connectivity index (χ1v) is 7.72. The average Bonchev–Trinajstić information content (AvgIpc) is 2.78. The van der Waals surface area contributed by atoms with E-state index in [2.05, 4.69) is 4.72 Å². The molecule has 0 amide bonds. The Bertz CT molecular complexity index is 375. The Balaban J connectivity index is 2.41. The van der Waals surface area contributed by atoms with Crippen molar-refractivity contribution in [1.82, 2.24) is 9.03 Å². The van der Waals surface area contributed by atoms with E-state index in [1.54, 1.807) is 20.8 Å². The number of ether oxygens (including phenoxy) is 1. The lowest BCUT2D eigenvalue weighted by Crippen LogP contribution is -2.42. The van der Waals surface area contributed by atoms with E-state index in [0.717, 1.165) is 12.8 Å². The van der Waals surface area contributed by atoms with Gasteiger partial charge in [0.05, 0.1) is 12.0 Å². The zero-order valence-electron chi connectivity index (χ0n) is 11.2. The largest absolute Gasteiger partial charge is 0.463 e. The third-order valence-corrected chi connectivity index (χ3v) is 4.31. The summed E-state index contributed by atoms with van der Waals surface area (Å²) in [5, 5.41) is 0. The average molecular weight is 278 g/mol. The second-order valence-corrected chi connectivity index (χ2v) is 6.60. The number of hydrogen-bond donors (Lipinski definition) is 1. The summed E-state index contributed by atoms with van der Waals surface area (Å²) in [4.78, 5) is 11.5. The van der Waals surface area contributed by atoms with Crippen molar-refractivity contribution >= 4 is 16.2 Å². The van der Waals surface area contributed by atoms with Crippen LogP contribution in [0.2, 0.25) is 0 Å². The first-order valence-electron chi connectivity index (χ1n) is 6.28. The van der Waals surface area contributed by atoms with Crippen molar-refractivity contribution in [2.45, 2.75) is 39.7 Å². The monoisotopic (exact) mass is 278 g/mol. The minimum absolute atomic E-state index is 0.0738. The molecule has 1 fully saturated rings. The van der Waals surface area contributed by atoms with E-state index in [1.165, 1.54) is 4.31 Å². The highest BCUT2D eigenvalue weighted by molar-refractivity contribution is 7.87. The number of nitrogens with one attached hydrogen (secondary N) is 1.